The third kappa shape index (κ3) is 4.50. The van der Waals surface area contributed by atoms with E-state index in [9.17, 15) is 0 Å². The highest BCUT2D eigenvalue weighted by molar-refractivity contribution is 5.46. The normalized spacial score (nSPS) is 10.4. The summed E-state index contributed by atoms with van der Waals surface area (Å²) in [5.74, 6) is 1.63. The molecule has 2 aromatic carbocycles. The Morgan fingerprint density at radius 2 is 1.81 bits per heavy atom. The quantitative estimate of drug-likeness (QED) is 0.806. The summed E-state index contributed by atoms with van der Waals surface area (Å²) in [4.78, 5) is 0. The summed E-state index contributed by atoms with van der Waals surface area (Å²) in [6.07, 6.45) is 0.888. The van der Waals surface area contributed by atoms with Crippen molar-refractivity contribution in [3.8, 4) is 11.5 Å². The molecule has 0 unspecified atom stereocenters. The van der Waals surface area contributed by atoms with Gasteiger partial charge >= 0.3 is 0 Å². The molecule has 0 saturated heterocycles. The van der Waals surface area contributed by atoms with Crippen LogP contribution in [0, 0.1) is 0 Å². The predicted molar refractivity (Wildman–Crippen MR) is 86.0 cm³/mol. The lowest BCUT2D eigenvalue weighted by atomic mass is 10.1. The molecule has 0 aliphatic carbocycles. The van der Waals surface area contributed by atoms with Crippen LogP contribution in [0.2, 0.25) is 0 Å². The van der Waals surface area contributed by atoms with Gasteiger partial charge in [0.25, 0.3) is 0 Å². The Bertz CT molecular complexity index is 540. The average molecular weight is 285 g/mol. The Morgan fingerprint density at radius 3 is 2.52 bits per heavy atom. The monoisotopic (exact) mass is 285 g/mol. The van der Waals surface area contributed by atoms with Crippen LogP contribution in [0.5, 0.6) is 11.5 Å². The van der Waals surface area contributed by atoms with Gasteiger partial charge in [-0.3, -0.25) is 0 Å². The van der Waals surface area contributed by atoms with E-state index in [2.05, 4.69) is 42.6 Å². The molecular formula is C18H23NO2. The van der Waals surface area contributed by atoms with E-state index in [1.54, 1.807) is 7.11 Å². The molecule has 3 heteroatoms. The van der Waals surface area contributed by atoms with Crippen molar-refractivity contribution >= 4 is 0 Å². The number of para-hydroxylation sites is 1. The molecule has 0 aromatic heterocycles. The van der Waals surface area contributed by atoms with Gasteiger partial charge in [-0.05, 0) is 18.2 Å². The molecule has 0 atom stereocenters. The number of methoxy groups -OCH3 is 1. The van der Waals surface area contributed by atoms with Crippen LogP contribution in [0.3, 0.4) is 0 Å². The Balaban J connectivity index is 2.03. The Hall–Kier alpha value is -2.00. The summed E-state index contributed by atoms with van der Waals surface area (Å²) in [5, 5.41) is 3.33. The van der Waals surface area contributed by atoms with Crippen molar-refractivity contribution in [3.05, 3.63) is 59.7 Å². The number of hydrogen-bond acceptors (Lipinski definition) is 3. The molecule has 3 nitrogen and oxygen atoms in total. The molecule has 0 amide bonds. The van der Waals surface area contributed by atoms with Gasteiger partial charge in [-0.25, -0.2) is 0 Å². The maximum absolute atomic E-state index is 6.00. The molecule has 2 aromatic rings. The fourth-order valence-electron chi connectivity index (χ4n) is 2.20. The molecule has 0 bridgehead atoms. The number of hydrogen-bond donors (Lipinski definition) is 1. The molecule has 0 aliphatic heterocycles. The Kier molecular flexibility index (Phi) is 6.10. The zero-order valence-corrected chi connectivity index (χ0v) is 12.8. The van der Waals surface area contributed by atoms with Gasteiger partial charge in [-0.15, -0.1) is 0 Å². The van der Waals surface area contributed by atoms with Crippen LogP contribution in [-0.2, 0) is 13.0 Å². The molecule has 0 spiro atoms. The lowest BCUT2D eigenvalue weighted by molar-refractivity contribution is 0.294. The van der Waals surface area contributed by atoms with E-state index in [1.807, 2.05) is 18.2 Å². The van der Waals surface area contributed by atoms with Crippen molar-refractivity contribution in [1.82, 2.24) is 5.32 Å². The summed E-state index contributed by atoms with van der Waals surface area (Å²) in [6.45, 7) is 4.45. The first-order valence-corrected chi connectivity index (χ1v) is 7.38. The third-order valence-electron chi connectivity index (χ3n) is 3.33. The number of rotatable bonds is 8. The molecule has 21 heavy (non-hydrogen) atoms. The van der Waals surface area contributed by atoms with Crippen LogP contribution in [0.25, 0.3) is 0 Å². The van der Waals surface area contributed by atoms with E-state index < -0.39 is 0 Å². The average Bonchev–Trinajstić information content (AvgIpc) is 2.54. The van der Waals surface area contributed by atoms with Crippen LogP contribution in [0.15, 0.2) is 48.5 Å². The summed E-state index contributed by atoms with van der Waals surface area (Å²) < 4.78 is 11.4. The minimum atomic E-state index is 0.642. The summed E-state index contributed by atoms with van der Waals surface area (Å²) >= 11 is 0. The van der Waals surface area contributed by atoms with Crippen LogP contribution in [0.4, 0.5) is 0 Å². The number of nitrogens with one attached hydrogen (secondary N) is 1. The third-order valence-corrected chi connectivity index (χ3v) is 3.33. The van der Waals surface area contributed by atoms with Crippen LogP contribution < -0.4 is 14.8 Å². The summed E-state index contributed by atoms with van der Waals surface area (Å²) in [7, 11) is 1.68. The van der Waals surface area contributed by atoms with E-state index in [-0.39, 0.29) is 0 Å². The fraction of sp³-hybridized carbons (Fsp3) is 0.333. The zero-order chi connectivity index (χ0) is 14.9. The highest BCUT2D eigenvalue weighted by Crippen LogP contribution is 2.31. The van der Waals surface area contributed by atoms with Gasteiger partial charge in [-0.2, -0.15) is 0 Å². The van der Waals surface area contributed by atoms with Crippen molar-refractivity contribution in [2.24, 2.45) is 0 Å². The van der Waals surface area contributed by atoms with Crippen molar-refractivity contribution in [1.29, 1.82) is 0 Å². The van der Waals surface area contributed by atoms with Gasteiger partial charge in [-0.1, -0.05) is 49.4 Å². The van der Waals surface area contributed by atoms with Crippen molar-refractivity contribution in [2.45, 2.75) is 19.9 Å². The second-order valence-corrected chi connectivity index (χ2v) is 4.81. The van der Waals surface area contributed by atoms with Gasteiger partial charge in [0, 0.05) is 18.5 Å². The van der Waals surface area contributed by atoms with E-state index >= 15 is 0 Å². The van der Waals surface area contributed by atoms with Crippen molar-refractivity contribution < 1.29 is 9.47 Å². The van der Waals surface area contributed by atoms with E-state index in [0.717, 1.165) is 36.6 Å². The van der Waals surface area contributed by atoms with Gasteiger partial charge in [0.15, 0.2) is 11.5 Å². The predicted octanol–water partition coefficient (Wildman–Crippen LogP) is 3.43. The summed E-state index contributed by atoms with van der Waals surface area (Å²) in [6, 6.07) is 16.4. The van der Waals surface area contributed by atoms with Crippen molar-refractivity contribution in [3.63, 3.8) is 0 Å². The topological polar surface area (TPSA) is 30.5 Å². The first kappa shape index (κ1) is 15.4. The smallest absolute Gasteiger partial charge is 0.165 e. The molecule has 0 fully saturated rings. The zero-order valence-electron chi connectivity index (χ0n) is 12.8. The van der Waals surface area contributed by atoms with E-state index in [4.69, 9.17) is 9.47 Å². The second kappa shape index (κ2) is 8.32. The van der Waals surface area contributed by atoms with E-state index in [0.29, 0.717) is 6.61 Å². The minimum Gasteiger partial charge on any atom is -0.493 e. The van der Waals surface area contributed by atoms with Gasteiger partial charge in [0.05, 0.1) is 13.7 Å². The molecule has 0 saturated carbocycles. The van der Waals surface area contributed by atoms with Crippen LogP contribution in [0.1, 0.15) is 18.1 Å². The van der Waals surface area contributed by atoms with Crippen LogP contribution >= 0.6 is 0 Å². The molecular weight excluding hydrogens is 262 g/mol. The highest BCUT2D eigenvalue weighted by atomic mass is 16.5. The lowest BCUT2D eigenvalue weighted by Crippen LogP contribution is -2.14. The SMILES string of the molecule is CCNCc1cccc(OC)c1OCCc1ccccc1. The van der Waals surface area contributed by atoms with Gasteiger partial charge < -0.3 is 14.8 Å². The van der Waals surface area contributed by atoms with Gasteiger partial charge in [0.2, 0.25) is 0 Å². The first-order valence-electron chi connectivity index (χ1n) is 7.38. The molecule has 1 N–H and O–H groups in total. The molecule has 0 heterocycles. The van der Waals surface area contributed by atoms with Crippen LogP contribution in [-0.4, -0.2) is 20.3 Å². The fourth-order valence-corrected chi connectivity index (χ4v) is 2.20. The maximum atomic E-state index is 6.00. The second-order valence-electron chi connectivity index (χ2n) is 4.81. The largest absolute Gasteiger partial charge is 0.493 e. The van der Waals surface area contributed by atoms with Gasteiger partial charge in [0.1, 0.15) is 0 Å². The highest BCUT2D eigenvalue weighted by Gasteiger charge is 2.10. The lowest BCUT2D eigenvalue weighted by Gasteiger charge is -2.15. The maximum Gasteiger partial charge on any atom is 0.165 e. The first-order chi connectivity index (χ1) is 10.3. The molecule has 0 aliphatic rings. The Morgan fingerprint density at radius 1 is 1.00 bits per heavy atom. The Labute approximate surface area is 126 Å². The summed E-state index contributed by atoms with van der Waals surface area (Å²) in [5.41, 5.74) is 2.41. The molecule has 2 rings (SSSR count). The molecule has 0 radical (unpaired) electrons. The standard InChI is InChI=1S/C18H23NO2/c1-3-19-14-16-10-7-11-17(20-2)18(16)21-13-12-15-8-5-4-6-9-15/h4-11,19H,3,12-14H2,1-2H3. The van der Waals surface area contributed by atoms with Crippen molar-refractivity contribution in [2.75, 3.05) is 20.3 Å². The minimum absolute atomic E-state index is 0.642. The number of ether oxygens (including phenoxy) is 2. The molecule has 112 valence electrons. The number of benzene rings is 2. The van der Waals surface area contributed by atoms with E-state index in [1.165, 1.54) is 5.56 Å².